The van der Waals surface area contributed by atoms with Crippen LogP contribution in [-0.4, -0.2) is 41.9 Å². The topological polar surface area (TPSA) is 48.3 Å². The van der Waals surface area contributed by atoms with E-state index in [1.807, 2.05) is 25.6 Å². The van der Waals surface area contributed by atoms with Gasteiger partial charge < -0.3 is 14.8 Å². The molecule has 1 N–H and O–H groups in total. The van der Waals surface area contributed by atoms with Crippen molar-refractivity contribution in [3.05, 3.63) is 16.4 Å². The molecule has 0 radical (unpaired) electrons. The molecule has 1 unspecified atom stereocenters. The molecule has 0 amide bonds. The van der Waals surface area contributed by atoms with Crippen LogP contribution in [0.2, 0.25) is 5.02 Å². The van der Waals surface area contributed by atoms with Gasteiger partial charge in [0.05, 0.1) is 22.5 Å². The Kier molecular flexibility index (Phi) is 8.26. The fourth-order valence-electron chi connectivity index (χ4n) is 2.39. The fraction of sp³-hybridized carbons (Fsp3) is 0.800. The lowest BCUT2D eigenvalue weighted by atomic mass is 10.1. The van der Waals surface area contributed by atoms with E-state index in [0.29, 0.717) is 13.2 Å². The van der Waals surface area contributed by atoms with Crippen LogP contribution in [0.3, 0.4) is 0 Å². The van der Waals surface area contributed by atoms with E-state index < -0.39 is 0 Å². The molecule has 0 aromatic carbocycles. The molecule has 0 aliphatic rings. The van der Waals surface area contributed by atoms with Gasteiger partial charge in [0.15, 0.2) is 6.29 Å². The Hall–Kier alpha value is -0.620. The molecular formula is C15H28ClN3O2. The van der Waals surface area contributed by atoms with Crippen LogP contribution in [0.25, 0.3) is 0 Å². The predicted octanol–water partition coefficient (Wildman–Crippen LogP) is 2.56. The zero-order valence-electron chi connectivity index (χ0n) is 13.8. The first-order chi connectivity index (χ1) is 10.1. The van der Waals surface area contributed by atoms with E-state index in [0.717, 1.165) is 35.8 Å². The summed E-state index contributed by atoms with van der Waals surface area (Å²) in [5.41, 5.74) is 1.96. The van der Waals surface area contributed by atoms with Crippen molar-refractivity contribution >= 4 is 11.6 Å². The number of hydrogen-bond acceptors (Lipinski definition) is 4. The fourth-order valence-corrected chi connectivity index (χ4v) is 2.76. The van der Waals surface area contributed by atoms with E-state index in [1.54, 1.807) is 0 Å². The second-order valence-electron chi connectivity index (χ2n) is 4.83. The van der Waals surface area contributed by atoms with E-state index in [-0.39, 0.29) is 12.3 Å². The molecule has 0 saturated carbocycles. The van der Waals surface area contributed by atoms with Crippen LogP contribution >= 0.6 is 11.6 Å². The van der Waals surface area contributed by atoms with Crippen LogP contribution in [0, 0.1) is 0 Å². The number of nitrogens with zero attached hydrogens (tertiary/aromatic N) is 2. The second-order valence-corrected chi connectivity index (χ2v) is 5.21. The number of hydrogen-bond donors (Lipinski definition) is 1. The number of likely N-dealkylation sites (N-methyl/N-ethyl adjacent to an activating group) is 1. The van der Waals surface area contributed by atoms with Crippen LogP contribution < -0.4 is 5.32 Å². The van der Waals surface area contributed by atoms with Crippen molar-refractivity contribution in [3.63, 3.8) is 0 Å². The molecule has 1 aromatic rings. The lowest BCUT2D eigenvalue weighted by Gasteiger charge is -2.27. The van der Waals surface area contributed by atoms with E-state index in [2.05, 4.69) is 24.3 Å². The lowest BCUT2D eigenvalue weighted by molar-refractivity contribution is -0.153. The Morgan fingerprint density at radius 1 is 1.19 bits per heavy atom. The number of aromatic nitrogens is 2. The summed E-state index contributed by atoms with van der Waals surface area (Å²) >= 11 is 6.44. The zero-order valence-corrected chi connectivity index (χ0v) is 14.5. The third kappa shape index (κ3) is 4.95. The van der Waals surface area contributed by atoms with Crippen molar-refractivity contribution in [1.29, 1.82) is 0 Å². The Balaban J connectivity index is 2.93. The Morgan fingerprint density at radius 3 is 2.24 bits per heavy atom. The van der Waals surface area contributed by atoms with Crippen LogP contribution in [0.1, 0.15) is 39.1 Å². The van der Waals surface area contributed by atoms with Crippen LogP contribution in [0.5, 0.6) is 0 Å². The van der Waals surface area contributed by atoms with Gasteiger partial charge >= 0.3 is 0 Å². The molecular weight excluding hydrogens is 290 g/mol. The Labute approximate surface area is 132 Å². The molecule has 1 rings (SSSR count). The lowest BCUT2D eigenvalue weighted by Crippen LogP contribution is -2.45. The van der Waals surface area contributed by atoms with Crippen molar-refractivity contribution in [2.75, 3.05) is 19.8 Å². The smallest absolute Gasteiger partial charge is 0.173 e. The maximum Gasteiger partial charge on any atom is 0.173 e. The van der Waals surface area contributed by atoms with Gasteiger partial charge in [0, 0.05) is 26.7 Å². The predicted molar refractivity (Wildman–Crippen MR) is 85.8 cm³/mol. The van der Waals surface area contributed by atoms with Crippen LogP contribution in [0.15, 0.2) is 0 Å². The van der Waals surface area contributed by atoms with Gasteiger partial charge in [-0.15, -0.1) is 0 Å². The summed E-state index contributed by atoms with van der Waals surface area (Å²) in [7, 11) is 1.93. The minimum atomic E-state index is -0.281. The zero-order chi connectivity index (χ0) is 15.8. The minimum Gasteiger partial charge on any atom is -0.351 e. The molecule has 1 heterocycles. The minimum absolute atomic E-state index is 0.0486. The average Bonchev–Trinajstić information content (AvgIpc) is 2.73. The summed E-state index contributed by atoms with van der Waals surface area (Å²) in [4.78, 5) is 0. The average molecular weight is 318 g/mol. The molecule has 21 heavy (non-hydrogen) atoms. The monoisotopic (exact) mass is 317 g/mol. The molecule has 0 fully saturated rings. The molecule has 0 spiro atoms. The summed E-state index contributed by atoms with van der Waals surface area (Å²) in [6.07, 6.45) is 1.27. The van der Waals surface area contributed by atoms with Gasteiger partial charge in [-0.25, -0.2) is 0 Å². The van der Waals surface area contributed by atoms with Gasteiger partial charge in [-0.1, -0.05) is 25.4 Å². The first-order valence-corrected chi connectivity index (χ1v) is 8.13. The molecule has 5 nitrogen and oxygen atoms in total. The van der Waals surface area contributed by atoms with Crippen LogP contribution in [-0.2, 0) is 29.4 Å². The Bertz CT molecular complexity index is 417. The third-order valence-corrected chi connectivity index (χ3v) is 3.81. The van der Waals surface area contributed by atoms with Gasteiger partial charge in [-0.2, -0.15) is 5.10 Å². The highest BCUT2D eigenvalue weighted by atomic mass is 35.5. The number of nitrogens with one attached hydrogen (secondary N) is 1. The largest absolute Gasteiger partial charge is 0.351 e. The van der Waals surface area contributed by atoms with E-state index in [1.165, 1.54) is 0 Å². The van der Waals surface area contributed by atoms with Crippen molar-refractivity contribution in [2.45, 2.75) is 52.9 Å². The molecule has 122 valence electrons. The molecule has 1 atom stereocenters. The van der Waals surface area contributed by atoms with Crippen molar-refractivity contribution in [3.8, 4) is 0 Å². The van der Waals surface area contributed by atoms with E-state index in [9.17, 15) is 0 Å². The van der Waals surface area contributed by atoms with Gasteiger partial charge in [-0.05, 0) is 26.8 Å². The molecule has 0 aliphatic heterocycles. The highest BCUT2D eigenvalue weighted by molar-refractivity contribution is 6.31. The number of halogens is 1. The van der Waals surface area contributed by atoms with E-state index in [4.69, 9.17) is 21.1 Å². The maximum atomic E-state index is 6.44. The SMILES string of the molecule is CCNC(Cc1c(Cl)c(CC)nn1C)C(OCC)OCC. The summed E-state index contributed by atoms with van der Waals surface area (Å²) in [6, 6.07) is 0.0486. The second kappa shape index (κ2) is 9.41. The molecule has 6 heteroatoms. The summed E-state index contributed by atoms with van der Waals surface area (Å²) < 4.78 is 13.3. The van der Waals surface area contributed by atoms with Gasteiger partial charge in [-0.3, -0.25) is 4.68 Å². The summed E-state index contributed by atoms with van der Waals surface area (Å²) in [5, 5.41) is 8.66. The number of ether oxygens (including phenoxy) is 2. The highest BCUT2D eigenvalue weighted by Crippen LogP contribution is 2.23. The molecule has 0 aliphatic carbocycles. The van der Waals surface area contributed by atoms with Crippen molar-refractivity contribution < 1.29 is 9.47 Å². The van der Waals surface area contributed by atoms with Gasteiger partial charge in [0.25, 0.3) is 0 Å². The third-order valence-electron chi connectivity index (χ3n) is 3.37. The molecule has 1 aromatic heterocycles. The van der Waals surface area contributed by atoms with Gasteiger partial charge in [0.2, 0.25) is 0 Å². The number of rotatable bonds is 10. The number of aryl methyl sites for hydroxylation is 2. The highest BCUT2D eigenvalue weighted by Gasteiger charge is 2.25. The molecule has 0 bridgehead atoms. The van der Waals surface area contributed by atoms with Crippen LogP contribution in [0.4, 0.5) is 0 Å². The maximum absolute atomic E-state index is 6.44. The Morgan fingerprint density at radius 2 is 1.81 bits per heavy atom. The van der Waals surface area contributed by atoms with Crippen molar-refractivity contribution in [1.82, 2.24) is 15.1 Å². The normalized spacial score (nSPS) is 13.1. The summed E-state index contributed by atoms with van der Waals surface area (Å²) in [5.74, 6) is 0. The standard InChI is InChI=1S/C15H28ClN3O2/c1-6-11-14(16)13(19(5)18-11)10-12(17-7-2)15(20-8-3)21-9-4/h12,15,17H,6-10H2,1-5H3. The van der Waals surface area contributed by atoms with Crippen molar-refractivity contribution in [2.24, 2.45) is 7.05 Å². The van der Waals surface area contributed by atoms with E-state index >= 15 is 0 Å². The van der Waals surface area contributed by atoms with Gasteiger partial charge in [0.1, 0.15) is 0 Å². The molecule has 0 saturated heterocycles. The quantitative estimate of drug-likeness (QED) is 0.674. The summed E-state index contributed by atoms with van der Waals surface area (Å²) in [6.45, 7) is 10.2. The first-order valence-electron chi connectivity index (χ1n) is 7.75. The first kappa shape index (κ1) is 18.4.